The Bertz CT molecular complexity index is 312. The summed E-state index contributed by atoms with van der Waals surface area (Å²) in [6.07, 6.45) is 2.38. The summed E-state index contributed by atoms with van der Waals surface area (Å²) in [4.78, 5) is 21.5. The maximum Gasteiger partial charge on any atom is 0.163 e. The van der Waals surface area contributed by atoms with Crippen molar-refractivity contribution >= 4 is 12.1 Å². The van der Waals surface area contributed by atoms with E-state index in [1.807, 2.05) is 24.3 Å². The Hall–Kier alpha value is -1.44. The van der Waals surface area contributed by atoms with Crippen molar-refractivity contribution in [2.75, 3.05) is 0 Å². The molecule has 2 nitrogen and oxygen atoms in total. The Morgan fingerprint density at radius 3 is 2.43 bits per heavy atom. The molecule has 0 spiro atoms. The van der Waals surface area contributed by atoms with Crippen molar-refractivity contribution < 1.29 is 9.59 Å². The van der Waals surface area contributed by atoms with Crippen molar-refractivity contribution in [3.63, 3.8) is 0 Å². The highest BCUT2D eigenvalue weighted by atomic mass is 16.1. The van der Waals surface area contributed by atoms with E-state index in [4.69, 9.17) is 0 Å². The Labute approximate surface area is 83.9 Å². The predicted molar refractivity (Wildman–Crippen MR) is 55.4 cm³/mol. The van der Waals surface area contributed by atoms with Crippen molar-refractivity contribution in [3.8, 4) is 0 Å². The fourth-order valence-electron chi connectivity index (χ4n) is 1.26. The molecule has 1 rings (SSSR count). The zero-order valence-corrected chi connectivity index (χ0v) is 8.32. The van der Waals surface area contributed by atoms with Crippen LogP contribution in [-0.2, 0) is 11.2 Å². The Balaban J connectivity index is 2.66. The molecule has 1 aromatic carbocycles. The van der Waals surface area contributed by atoms with Crippen LogP contribution in [0.2, 0.25) is 0 Å². The van der Waals surface area contributed by atoms with Crippen LogP contribution in [0.3, 0.4) is 0 Å². The maximum absolute atomic E-state index is 11.4. The van der Waals surface area contributed by atoms with E-state index in [2.05, 4.69) is 6.92 Å². The lowest BCUT2D eigenvalue weighted by molar-refractivity contribution is -0.107. The van der Waals surface area contributed by atoms with Gasteiger partial charge in [-0.2, -0.15) is 0 Å². The van der Waals surface area contributed by atoms with Crippen LogP contribution >= 0.6 is 0 Å². The van der Waals surface area contributed by atoms with Crippen molar-refractivity contribution in [2.45, 2.75) is 26.2 Å². The minimum Gasteiger partial charge on any atom is -0.303 e. The van der Waals surface area contributed by atoms with Gasteiger partial charge in [-0.1, -0.05) is 31.2 Å². The highest BCUT2D eigenvalue weighted by Gasteiger charge is 2.04. The summed E-state index contributed by atoms with van der Waals surface area (Å²) in [7, 11) is 0. The van der Waals surface area contributed by atoms with Gasteiger partial charge in [0.25, 0.3) is 0 Å². The average molecular weight is 190 g/mol. The van der Waals surface area contributed by atoms with Crippen LogP contribution < -0.4 is 0 Å². The topological polar surface area (TPSA) is 34.1 Å². The first-order valence-electron chi connectivity index (χ1n) is 4.83. The Morgan fingerprint density at radius 1 is 1.29 bits per heavy atom. The molecule has 2 heteroatoms. The summed E-state index contributed by atoms with van der Waals surface area (Å²) < 4.78 is 0. The highest BCUT2D eigenvalue weighted by Crippen LogP contribution is 2.08. The van der Waals surface area contributed by atoms with Gasteiger partial charge >= 0.3 is 0 Å². The normalized spacial score (nSPS) is 9.79. The standard InChI is InChI=1S/C12H14O2/c1-2-10-5-7-11(8-6-10)12(14)4-3-9-13/h5-9H,2-4H2,1H3. The number of aryl methyl sites for hydroxylation is 1. The lowest BCUT2D eigenvalue weighted by Gasteiger charge is -2.00. The van der Waals surface area contributed by atoms with Crippen LogP contribution in [0.25, 0.3) is 0 Å². The Kier molecular flexibility index (Phi) is 4.05. The van der Waals surface area contributed by atoms with Gasteiger partial charge in [-0.25, -0.2) is 0 Å². The molecule has 0 bridgehead atoms. The zero-order valence-electron chi connectivity index (χ0n) is 8.32. The molecule has 0 heterocycles. The summed E-state index contributed by atoms with van der Waals surface area (Å²) in [5, 5.41) is 0. The number of aldehydes is 1. The van der Waals surface area contributed by atoms with Crippen LogP contribution in [0.5, 0.6) is 0 Å². The molecular weight excluding hydrogens is 176 g/mol. The minimum atomic E-state index is 0.0414. The SMILES string of the molecule is CCc1ccc(C(=O)CCC=O)cc1. The van der Waals surface area contributed by atoms with E-state index in [9.17, 15) is 9.59 Å². The van der Waals surface area contributed by atoms with E-state index in [1.54, 1.807) is 0 Å². The van der Waals surface area contributed by atoms with Crippen LogP contribution in [0, 0.1) is 0 Å². The number of benzene rings is 1. The number of hydrogen-bond donors (Lipinski definition) is 0. The maximum atomic E-state index is 11.4. The smallest absolute Gasteiger partial charge is 0.163 e. The second-order valence-electron chi connectivity index (χ2n) is 3.18. The van der Waals surface area contributed by atoms with E-state index >= 15 is 0 Å². The number of rotatable bonds is 5. The number of hydrogen-bond acceptors (Lipinski definition) is 2. The molecule has 14 heavy (non-hydrogen) atoms. The van der Waals surface area contributed by atoms with Gasteiger partial charge in [0.1, 0.15) is 6.29 Å². The lowest BCUT2D eigenvalue weighted by Crippen LogP contribution is -1.99. The van der Waals surface area contributed by atoms with Gasteiger partial charge in [0.05, 0.1) is 0 Å². The molecule has 0 aliphatic carbocycles. The molecule has 0 unspecified atom stereocenters. The number of carbonyl (C=O) groups excluding carboxylic acids is 2. The van der Waals surface area contributed by atoms with Gasteiger partial charge in [0, 0.05) is 18.4 Å². The van der Waals surface area contributed by atoms with Gasteiger partial charge in [-0.05, 0) is 12.0 Å². The third-order valence-electron chi connectivity index (χ3n) is 2.17. The molecule has 0 atom stereocenters. The summed E-state index contributed by atoms with van der Waals surface area (Å²) in [5.41, 5.74) is 1.92. The van der Waals surface area contributed by atoms with Crippen molar-refractivity contribution in [1.29, 1.82) is 0 Å². The average Bonchev–Trinajstić information content (AvgIpc) is 2.26. The van der Waals surface area contributed by atoms with E-state index in [0.717, 1.165) is 12.7 Å². The first-order chi connectivity index (χ1) is 6.77. The highest BCUT2D eigenvalue weighted by molar-refractivity contribution is 5.96. The van der Waals surface area contributed by atoms with E-state index in [-0.39, 0.29) is 5.78 Å². The van der Waals surface area contributed by atoms with Crippen molar-refractivity contribution in [2.24, 2.45) is 0 Å². The van der Waals surface area contributed by atoms with Gasteiger partial charge < -0.3 is 4.79 Å². The minimum absolute atomic E-state index is 0.0414. The zero-order chi connectivity index (χ0) is 10.4. The van der Waals surface area contributed by atoms with Crippen molar-refractivity contribution in [3.05, 3.63) is 35.4 Å². The monoisotopic (exact) mass is 190 g/mol. The fraction of sp³-hybridized carbons (Fsp3) is 0.333. The molecule has 0 amide bonds. The fourth-order valence-corrected chi connectivity index (χ4v) is 1.26. The number of carbonyl (C=O) groups is 2. The summed E-state index contributed by atoms with van der Waals surface area (Å²) >= 11 is 0. The molecule has 0 aromatic heterocycles. The van der Waals surface area contributed by atoms with Gasteiger partial charge in [0.2, 0.25) is 0 Å². The van der Waals surface area contributed by atoms with E-state index in [0.29, 0.717) is 18.4 Å². The number of Topliss-reactive ketones (excluding diaryl/α,β-unsaturated/α-hetero) is 1. The first-order valence-corrected chi connectivity index (χ1v) is 4.83. The Morgan fingerprint density at radius 2 is 1.93 bits per heavy atom. The van der Waals surface area contributed by atoms with Gasteiger partial charge in [0.15, 0.2) is 5.78 Å². The summed E-state index contributed by atoms with van der Waals surface area (Å²) in [6, 6.07) is 7.56. The van der Waals surface area contributed by atoms with E-state index in [1.165, 1.54) is 5.56 Å². The largest absolute Gasteiger partial charge is 0.303 e. The molecule has 0 saturated carbocycles. The van der Waals surface area contributed by atoms with Crippen LogP contribution in [0.15, 0.2) is 24.3 Å². The molecule has 1 aromatic rings. The molecule has 74 valence electrons. The van der Waals surface area contributed by atoms with E-state index < -0.39 is 0 Å². The van der Waals surface area contributed by atoms with Crippen LogP contribution in [0.4, 0.5) is 0 Å². The molecule has 0 aliphatic rings. The molecule has 0 radical (unpaired) electrons. The second kappa shape index (κ2) is 5.32. The third-order valence-corrected chi connectivity index (χ3v) is 2.17. The third kappa shape index (κ3) is 2.80. The van der Waals surface area contributed by atoms with Crippen LogP contribution in [-0.4, -0.2) is 12.1 Å². The molecule has 0 saturated heterocycles. The first kappa shape index (κ1) is 10.6. The summed E-state index contributed by atoms with van der Waals surface area (Å²) in [6.45, 7) is 2.07. The van der Waals surface area contributed by atoms with Gasteiger partial charge in [-0.15, -0.1) is 0 Å². The van der Waals surface area contributed by atoms with Gasteiger partial charge in [-0.3, -0.25) is 4.79 Å². The molecule has 0 fully saturated rings. The van der Waals surface area contributed by atoms with Crippen molar-refractivity contribution in [1.82, 2.24) is 0 Å². The molecule has 0 N–H and O–H groups in total. The molecular formula is C12H14O2. The molecule has 0 aliphatic heterocycles. The summed E-state index contributed by atoms with van der Waals surface area (Å²) in [5.74, 6) is 0.0414. The number of ketones is 1. The second-order valence-corrected chi connectivity index (χ2v) is 3.18. The lowest BCUT2D eigenvalue weighted by atomic mass is 10.0. The quantitative estimate of drug-likeness (QED) is 0.527. The predicted octanol–water partition coefficient (Wildman–Crippen LogP) is 2.41. The van der Waals surface area contributed by atoms with Crippen LogP contribution in [0.1, 0.15) is 35.7 Å².